The molecule has 3 N–H and O–H groups in total. The van der Waals surface area contributed by atoms with Gasteiger partial charge in [-0.3, -0.25) is 4.99 Å². The van der Waals surface area contributed by atoms with Crippen molar-refractivity contribution >= 4 is 5.84 Å². The standard InChI is InChI=1S/C17H27N3/c18-20-17(19-16-12-6-1-2-7-13-16)14-8-11-15-9-4-3-5-10-15/h3-5,9-10,16H,1-2,6-8,11-14,18H2,(H,19,20). The lowest BCUT2D eigenvalue weighted by molar-refractivity contribution is 0.580. The van der Waals surface area contributed by atoms with Crippen LogP contribution in [0.25, 0.3) is 0 Å². The predicted molar refractivity (Wildman–Crippen MR) is 85.6 cm³/mol. The van der Waals surface area contributed by atoms with Crippen LogP contribution in [0.2, 0.25) is 0 Å². The Morgan fingerprint density at radius 2 is 1.80 bits per heavy atom. The van der Waals surface area contributed by atoms with Gasteiger partial charge in [-0.05, 0) is 31.2 Å². The monoisotopic (exact) mass is 273 g/mol. The van der Waals surface area contributed by atoms with Gasteiger partial charge in [0.1, 0.15) is 5.84 Å². The number of amidine groups is 1. The molecule has 0 atom stereocenters. The summed E-state index contributed by atoms with van der Waals surface area (Å²) in [5.41, 5.74) is 4.19. The molecule has 0 saturated heterocycles. The van der Waals surface area contributed by atoms with Gasteiger partial charge in [0, 0.05) is 6.42 Å². The Kier molecular flexibility index (Phi) is 6.58. The van der Waals surface area contributed by atoms with Crippen LogP contribution >= 0.6 is 0 Å². The second kappa shape index (κ2) is 8.75. The number of nitrogens with zero attached hydrogens (tertiary/aromatic N) is 1. The van der Waals surface area contributed by atoms with E-state index in [-0.39, 0.29) is 0 Å². The van der Waals surface area contributed by atoms with Crippen molar-refractivity contribution in [3.05, 3.63) is 35.9 Å². The highest BCUT2D eigenvalue weighted by molar-refractivity contribution is 5.81. The van der Waals surface area contributed by atoms with E-state index in [1.165, 1.54) is 44.1 Å². The van der Waals surface area contributed by atoms with E-state index in [2.05, 4.69) is 35.8 Å². The van der Waals surface area contributed by atoms with Crippen LogP contribution in [0, 0.1) is 0 Å². The normalized spacial score (nSPS) is 17.8. The molecule has 1 aromatic carbocycles. The number of hydrogen-bond acceptors (Lipinski definition) is 2. The van der Waals surface area contributed by atoms with Gasteiger partial charge in [0.25, 0.3) is 0 Å². The molecule has 0 heterocycles. The van der Waals surface area contributed by atoms with Gasteiger partial charge >= 0.3 is 0 Å². The lowest BCUT2D eigenvalue weighted by atomic mass is 10.1. The molecule has 1 aliphatic rings. The molecule has 110 valence electrons. The van der Waals surface area contributed by atoms with Gasteiger partial charge in [0.15, 0.2) is 0 Å². The SMILES string of the molecule is NNC(CCCc1ccccc1)=NC1CCCCCC1. The molecule has 0 radical (unpaired) electrons. The molecule has 0 amide bonds. The van der Waals surface area contributed by atoms with E-state index in [0.29, 0.717) is 6.04 Å². The van der Waals surface area contributed by atoms with E-state index in [4.69, 9.17) is 10.8 Å². The summed E-state index contributed by atoms with van der Waals surface area (Å²) in [6.45, 7) is 0. The molecule has 1 aromatic rings. The van der Waals surface area contributed by atoms with Crippen LogP contribution in [0.3, 0.4) is 0 Å². The molecule has 20 heavy (non-hydrogen) atoms. The molecule has 2 rings (SSSR count). The van der Waals surface area contributed by atoms with Gasteiger partial charge in [0.2, 0.25) is 0 Å². The summed E-state index contributed by atoms with van der Waals surface area (Å²) in [6, 6.07) is 11.1. The van der Waals surface area contributed by atoms with E-state index < -0.39 is 0 Å². The first-order chi connectivity index (χ1) is 9.88. The number of nitrogens with one attached hydrogen (secondary N) is 1. The third-order valence-corrected chi connectivity index (χ3v) is 4.05. The summed E-state index contributed by atoms with van der Waals surface area (Å²) >= 11 is 0. The van der Waals surface area contributed by atoms with Crippen molar-refractivity contribution < 1.29 is 0 Å². The van der Waals surface area contributed by atoms with Crippen LogP contribution in [0.4, 0.5) is 0 Å². The number of hydrazine groups is 1. The molecule has 3 nitrogen and oxygen atoms in total. The zero-order valence-electron chi connectivity index (χ0n) is 12.4. The van der Waals surface area contributed by atoms with Gasteiger partial charge in [-0.1, -0.05) is 56.0 Å². The Labute approximate surface area is 122 Å². The third-order valence-electron chi connectivity index (χ3n) is 4.05. The van der Waals surface area contributed by atoms with Crippen molar-refractivity contribution in [1.82, 2.24) is 5.43 Å². The highest BCUT2D eigenvalue weighted by Crippen LogP contribution is 2.20. The molecule has 3 heteroatoms. The Hall–Kier alpha value is -1.35. The van der Waals surface area contributed by atoms with E-state index in [1.807, 2.05) is 0 Å². The number of nitrogens with two attached hydrogens (primary N) is 1. The average Bonchev–Trinajstić information content (AvgIpc) is 2.76. The number of benzene rings is 1. The lowest BCUT2D eigenvalue weighted by Crippen LogP contribution is -2.31. The van der Waals surface area contributed by atoms with Gasteiger partial charge in [0.05, 0.1) is 6.04 Å². The molecule has 1 aliphatic carbocycles. The Bertz CT molecular complexity index is 392. The first-order valence-electron chi connectivity index (χ1n) is 7.95. The summed E-state index contributed by atoms with van der Waals surface area (Å²) in [5.74, 6) is 6.61. The zero-order chi connectivity index (χ0) is 14.0. The molecular weight excluding hydrogens is 246 g/mol. The number of aliphatic imine (C=N–C) groups is 1. The molecule has 0 aliphatic heterocycles. The van der Waals surface area contributed by atoms with E-state index in [1.54, 1.807) is 0 Å². The maximum absolute atomic E-state index is 5.63. The fourth-order valence-corrected chi connectivity index (χ4v) is 2.89. The molecule has 0 unspecified atom stereocenters. The molecule has 1 fully saturated rings. The minimum Gasteiger partial charge on any atom is -0.312 e. The highest BCUT2D eigenvalue weighted by Gasteiger charge is 2.11. The molecule has 0 aromatic heterocycles. The molecule has 0 spiro atoms. The van der Waals surface area contributed by atoms with Crippen LogP contribution in [-0.4, -0.2) is 11.9 Å². The fourth-order valence-electron chi connectivity index (χ4n) is 2.89. The van der Waals surface area contributed by atoms with Gasteiger partial charge in [-0.25, -0.2) is 5.84 Å². The second-order valence-electron chi connectivity index (χ2n) is 5.70. The minimum absolute atomic E-state index is 0.486. The first kappa shape index (κ1) is 15.0. The number of hydrogen-bond donors (Lipinski definition) is 2. The zero-order valence-corrected chi connectivity index (χ0v) is 12.4. The van der Waals surface area contributed by atoms with E-state index >= 15 is 0 Å². The van der Waals surface area contributed by atoms with Crippen LogP contribution < -0.4 is 11.3 Å². The van der Waals surface area contributed by atoms with Crippen LogP contribution in [0.15, 0.2) is 35.3 Å². The van der Waals surface area contributed by atoms with Crippen molar-refractivity contribution in [3.63, 3.8) is 0 Å². The number of rotatable bonds is 5. The second-order valence-corrected chi connectivity index (χ2v) is 5.70. The van der Waals surface area contributed by atoms with Gasteiger partial charge in [-0.15, -0.1) is 0 Å². The lowest BCUT2D eigenvalue weighted by Gasteiger charge is -2.12. The molecule has 1 saturated carbocycles. The summed E-state index contributed by atoms with van der Waals surface area (Å²) in [5, 5.41) is 0. The van der Waals surface area contributed by atoms with Crippen molar-refractivity contribution in [2.45, 2.75) is 63.8 Å². The summed E-state index contributed by atoms with van der Waals surface area (Å²) in [4.78, 5) is 4.83. The Morgan fingerprint density at radius 1 is 1.10 bits per heavy atom. The van der Waals surface area contributed by atoms with Crippen molar-refractivity contribution in [3.8, 4) is 0 Å². The summed E-state index contributed by atoms with van der Waals surface area (Å²) in [6.07, 6.45) is 10.9. The summed E-state index contributed by atoms with van der Waals surface area (Å²) < 4.78 is 0. The average molecular weight is 273 g/mol. The quantitative estimate of drug-likeness (QED) is 0.283. The smallest absolute Gasteiger partial charge is 0.111 e. The topological polar surface area (TPSA) is 50.4 Å². The van der Waals surface area contributed by atoms with Crippen LogP contribution in [0.1, 0.15) is 56.9 Å². The maximum Gasteiger partial charge on any atom is 0.111 e. The maximum atomic E-state index is 5.63. The predicted octanol–water partition coefficient (Wildman–Crippen LogP) is 3.59. The first-order valence-corrected chi connectivity index (χ1v) is 7.95. The van der Waals surface area contributed by atoms with Crippen LogP contribution in [-0.2, 0) is 6.42 Å². The fraction of sp³-hybridized carbons (Fsp3) is 0.588. The van der Waals surface area contributed by atoms with Gasteiger partial charge < -0.3 is 5.43 Å². The highest BCUT2D eigenvalue weighted by atomic mass is 15.3. The van der Waals surface area contributed by atoms with Gasteiger partial charge in [-0.2, -0.15) is 0 Å². The van der Waals surface area contributed by atoms with Crippen molar-refractivity contribution in [1.29, 1.82) is 0 Å². The van der Waals surface area contributed by atoms with Crippen molar-refractivity contribution in [2.75, 3.05) is 0 Å². The third kappa shape index (κ3) is 5.33. The number of aryl methyl sites for hydroxylation is 1. The summed E-state index contributed by atoms with van der Waals surface area (Å²) in [7, 11) is 0. The van der Waals surface area contributed by atoms with Crippen LogP contribution in [0.5, 0.6) is 0 Å². The Morgan fingerprint density at radius 3 is 2.45 bits per heavy atom. The Balaban J connectivity index is 1.79. The van der Waals surface area contributed by atoms with E-state index in [9.17, 15) is 0 Å². The van der Waals surface area contributed by atoms with Crippen molar-refractivity contribution in [2.24, 2.45) is 10.8 Å². The minimum atomic E-state index is 0.486. The molecule has 0 bridgehead atoms. The largest absolute Gasteiger partial charge is 0.312 e. The molecular formula is C17H27N3. The van der Waals surface area contributed by atoms with E-state index in [0.717, 1.165) is 25.1 Å².